The summed E-state index contributed by atoms with van der Waals surface area (Å²) in [5, 5.41) is 13.7. The maximum atomic E-state index is 11.9. The predicted molar refractivity (Wildman–Crippen MR) is 119 cm³/mol. The molecule has 2 aromatic carbocycles. The summed E-state index contributed by atoms with van der Waals surface area (Å²) in [5.74, 6) is -0.496. The normalized spacial score (nSPS) is 11.1. The number of benzene rings is 3. The van der Waals surface area contributed by atoms with Crippen LogP contribution in [0.15, 0.2) is 59.0 Å². The van der Waals surface area contributed by atoms with Crippen molar-refractivity contribution < 1.29 is 14.3 Å². The van der Waals surface area contributed by atoms with Gasteiger partial charge in [-0.2, -0.15) is 0 Å². The number of carbonyl (C=O) groups is 1. The highest BCUT2D eigenvalue weighted by molar-refractivity contribution is 6.07. The standard InChI is InChI=1S/C25H24N2O3/c1-15-12-20-23(14-21(15)27(4)5)30-22-13-16(26(2)3)10-11-19(22)24(20)17-8-6-7-9-18(17)25(28)29/h6-14H,1-5H3. The van der Waals surface area contributed by atoms with E-state index >= 15 is 0 Å². The molecule has 0 saturated heterocycles. The van der Waals surface area contributed by atoms with Gasteiger partial charge in [0, 0.05) is 54.0 Å². The van der Waals surface area contributed by atoms with Gasteiger partial charge in [0.1, 0.15) is 25.4 Å². The minimum atomic E-state index is -1.20. The first-order valence-electron chi connectivity index (χ1n) is 9.77. The number of rotatable bonds is 3. The smallest absolute Gasteiger partial charge is 0.203 e. The van der Waals surface area contributed by atoms with E-state index in [9.17, 15) is 9.90 Å². The van der Waals surface area contributed by atoms with E-state index in [2.05, 4.69) is 6.07 Å². The van der Waals surface area contributed by atoms with Crippen LogP contribution >= 0.6 is 0 Å². The monoisotopic (exact) mass is 400 g/mol. The topological polar surface area (TPSA) is 59.5 Å². The Bertz CT molecular complexity index is 1330. The molecular weight excluding hydrogens is 376 g/mol. The molecule has 2 aliphatic rings. The fourth-order valence-corrected chi connectivity index (χ4v) is 3.95. The molecule has 0 aromatic heterocycles. The van der Waals surface area contributed by atoms with Crippen LogP contribution in [-0.2, 0) is 0 Å². The second-order valence-electron chi connectivity index (χ2n) is 7.91. The van der Waals surface area contributed by atoms with E-state index in [0.717, 1.165) is 33.1 Å². The Balaban J connectivity index is 2.22. The van der Waals surface area contributed by atoms with Crippen LogP contribution in [-0.4, -0.2) is 34.2 Å². The summed E-state index contributed by atoms with van der Waals surface area (Å²) in [4.78, 5) is 13.9. The van der Waals surface area contributed by atoms with Crippen molar-refractivity contribution in [3.63, 3.8) is 0 Å². The Hall–Kier alpha value is -3.60. The Labute approximate surface area is 175 Å². The molecule has 0 fully saturated rings. The number of carboxylic acids is 1. The Morgan fingerprint density at radius 3 is 2.40 bits per heavy atom. The third-order valence-electron chi connectivity index (χ3n) is 5.44. The van der Waals surface area contributed by atoms with Gasteiger partial charge in [0.2, 0.25) is 5.36 Å². The first-order valence-corrected chi connectivity index (χ1v) is 9.77. The Kier molecular flexibility index (Phi) is 4.82. The minimum absolute atomic E-state index is 0.164. The molecule has 0 unspecified atom stereocenters. The fourth-order valence-electron chi connectivity index (χ4n) is 3.95. The van der Waals surface area contributed by atoms with Crippen molar-refractivity contribution in [2.45, 2.75) is 6.92 Å². The van der Waals surface area contributed by atoms with E-state index < -0.39 is 5.97 Å². The largest absolute Gasteiger partial charge is 0.545 e. The van der Waals surface area contributed by atoms with Crippen LogP contribution in [0, 0.1) is 6.92 Å². The fraction of sp³-hybridized carbons (Fsp3) is 0.200. The number of carboxylic acid groups (broad SMARTS) is 1. The average Bonchev–Trinajstić information content (AvgIpc) is 2.71. The lowest BCUT2D eigenvalue weighted by Gasteiger charge is -2.21. The Morgan fingerprint density at radius 1 is 1.00 bits per heavy atom. The van der Waals surface area contributed by atoms with E-state index in [-0.39, 0.29) is 5.56 Å². The zero-order chi connectivity index (χ0) is 21.6. The number of hydrogen-bond acceptors (Lipinski definition) is 4. The molecule has 4 rings (SSSR count). The first-order chi connectivity index (χ1) is 14.3. The average molecular weight is 400 g/mol. The molecule has 1 heterocycles. The van der Waals surface area contributed by atoms with Crippen LogP contribution < -0.4 is 19.9 Å². The van der Waals surface area contributed by atoms with Crippen LogP contribution in [0.25, 0.3) is 33.4 Å². The second kappa shape index (κ2) is 7.34. The zero-order valence-electron chi connectivity index (χ0n) is 17.8. The van der Waals surface area contributed by atoms with Crippen molar-refractivity contribution in [1.82, 2.24) is 4.58 Å². The van der Waals surface area contributed by atoms with E-state index in [0.29, 0.717) is 16.9 Å². The van der Waals surface area contributed by atoms with Gasteiger partial charge in [0.05, 0.1) is 12.0 Å². The van der Waals surface area contributed by atoms with Crippen molar-refractivity contribution in [3.05, 3.63) is 71.1 Å². The molecule has 5 heteroatoms. The molecular formula is C25H24N2O3. The number of anilines is 1. The van der Waals surface area contributed by atoms with Gasteiger partial charge in [0.15, 0.2) is 0 Å². The highest BCUT2D eigenvalue weighted by Crippen LogP contribution is 2.42. The number of carbonyl (C=O) groups excluding carboxylic acids is 1. The lowest BCUT2D eigenvalue weighted by Crippen LogP contribution is -2.23. The molecule has 30 heavy (non-hydrogen) atoms. The quantitative estimate of drug-likeness (QED) is 0.392. The number of fused-ring (bicyclic) bond motifs is 2. The highest BCUT2D eigenvalue weighted by Gasteiger charge is 2.21. The van der Waals surface area contributed by atoms with Gasteiger partial charge in [-0.15, -0.1) is 0 Å². The van der Waals surface area contributed by atoms with Crippen LogP contribution in [0.1, 0.15) is 15.9 Å². The van der Waals surface area contributed by atoms with Crippen LogP contribution in [0.5, 0.6) is 0 Å². The molecule has 1 aliphatic carbocycles. The molecule has 2 aromatic rings. The molecule has 0 N–H and O–H groups in total. The summed E-state index contributed by atoms with van der Waals surface area (Å²) < 4.78 is 8.34. The van der Waals surface area contributed by atoms with Crippen molar-refractivity contribution in [2.75, 3.05) is 33.1 Å². The van der Waals surface area contributed by atoms with E-state index in [4.69, 9.17) is 4.42 Å². The number of aryl methyl sites for hydroxylation is 1. The van der Waals surface area contributed by atoms with E-state index in [1.165, 1.54) is 0 Å². The van der Waals surface area contributed by atoms with Crippen molar-refractivity contribution >= 4 is 22.6 Å². The SMILES string of the molecule is Cc1cc2c(-c3ccccc3C(=O)[O-])c3ccc(=[N+](C)C)cc-3oc2cc1N(C)C. The van der Waals surface area contributed by atoms with Gasteiger partial charge in [0.25, 0.3) is 0 Å². The van der Waals surface area contributed by atoms with Crippen LogP contribution in [0.3, 0.4) is 0 Å². The third kappa shape index (κ3) is 3.22. The lowest BCUT2D eigenvalue weighted by atomic mass is 9.90. The molecule has 0 bridgehead atoms. The molecule has 1 aliphatic heterocycles. The summed E-state index contributed by atoms with van der Waals surface area (Å²) in [6.07, 6.45) is 0. The molecule has 0 saturated carbocycles. The van der Waals surface area contributed by atoms with Gasteiger partial charge in [-0.1, -0.05) is 24.3 Å². The lowest BCUT2D eigenvalue weighted by molar-refractivity contribution is -0.254. The summed E-state index contributed by atoms with van der Waals surface area (Å²) in [6.45, 7) is 2.04. The zero-order valence-corrected chi connectivity index (χ0v) is 17.8. The van der Waals surface area contributed by atoms with E-state index in [1.54, 1.807) is 12.1 Å². The summed E-state index contributed by atoms with van der Waals surface area (Å²) in [6, 6.07) is 17.0. The van der Waals surface area contributed by atoms with Crippen molar-refractivity contribution in [3.8, 4) is 22.5 Å². The van der Waals surface area contributed by atoms with Crippen molar-refractivity contribution in [1.29, 1.82) is 0 Å². The minimum Gasteiger partial charge on any atom is -0.545 e. The second-order valence-corrected chi connectivity index (χ2v) is 7.91. The summed E-state index contributed by atoms with van der Waals surface area (Å²) in [7, 11) is 7.93. The number of aromatic carboxylic acids is 1. The first kappa shape index (κ1) is 19.7. The van der Waals surface area contributed by atoms with Gasteiger partial charge in [-0.3, -0.25) is 0 Å². The molecule has 0 radical (unpaired) electrons. The van der Waals surface area contributed by atoms with Gasteiger partial charge in [-0.05, 0) is 30.2 Å². The summed E-state index contributed by atoms with van der Waals surface area (Å²) in [5.41, 5.74) is 5.32. The van der Waals surface area contributed by atoms with Gasteiger partial charge >= 0.3 is 0 Å². The maximum Gasteiger partial charge on any atom is 0.203 e. The maximum absolute atomic E-state index is 11.9. The number of nitrogens with zero attached hydrogens (tertiary/aromatic N) is 2. The molecule has 0 spiro atoms. The molecule has 5 nitrogen and oxygen atoms in total. The Morgan fingerprint density at radius 2 is 1.73 bits per heavy atom. The molecule has 0 amide bonds. The van der Waals surface area contributed by atoms with Crippen LogP contribution in [0.2, 0.25) is 0 Å². The number of hydrogen-bond donors (Lipinski definition) is 0. The van der Waals surface area contributed by atoms with Crippen LogP contribution in [0.4, 0.5) is 5.69 Å². The molecule has 152 valence electrons. The van der Waals surface area contributed by atoms with E-state index in [1.807, 2.05) is 81.0 Å². The molecule has 0 atom stereocenters. The van der Waals surface area contributed by atoms with Crippen molar-refractivity contribution in [2.24, 2.45) is 0 Å². The van der Waals surface area contributed by atoms with Gasteiger partial charge in [-0.25, -0.2) is 4.58 Å². The van der Waals surface area contributed by atoms with Gasteiger partial charge < -0.3 is 19.2 Å². The highest BCUT2D eigenvalue weighted by atomic mass is 16.4. The third-order valence-corrected chi connectivity index (χ3v) is 5.44. The summed E-state index contributed by atoms with van der Waals surface area (Å²) >= 11 is 0. The predicted octanol–water partition coefficient (Wildman–Crippen LogP) is 2.97.